The Kier molecular flexibility index (Phi) is 7.04. The highest BCUT2D eigenvalue weighted by Crippen LogP contribution is 2.31. The number of oxime groups is 1. The number of halogens is 5. The van der Waals surface area contributed by atoms with Crippen LogP contribution in [0.4, 0.5) is 13.2 Å². The van der Waals surface area contributed by atoms with E-state index in [1.807, 2.05) is 0 Å². The zero-order valence-corrected chi connectivity index (χ0v) is 15.5. The quantitative estimate of drug-likeness (QED) is 0.550. The van der Waals surface area contributed by atoms with E-state index in [1.54, 1.807) is 6.92 Å². The molecule has 1 N–H and O–H groups in total. The first-order valence-electron chi connectivity index (χ1n) is 7.68. The van der Waals surface area contributed by atoms with Crippen LogP contribution >= 0.6 is 23.2 Å². The molecule has 0 aliphatic heterocycles. The molecule has 0 atom stereocenters. The van der Waals surface area contributed by atoms with Crippen LogP contribution in [0.2, 0.25) is 10.0 Å². The van der Waals surface area contributed by atoms with Crippen molar-refractivity contribution in [3.63, 3.8) is 0 Å². The topological polar surface area (TPSA) is 63.6 Å². The molecule has 0 saturated heterocycles. The number of benzene rings is 1. The maximum Gasteiger partial charge on any atom is 0.417 e. The van der Waals surface area contributed by atoms with E-state index in [1.165, 1.54) is 24.4 Å². The van der Waals surface area contributed by atoms with Crippen LogP contribution in [0.5, 0.6) is 0 Å². The van der Waals surface area contributed by atoms with Gasteiger partial charge in [0, 0.05) is 6.20 Å². The Labute approximate surface area is 163 Å². The van der Waals surface area contributed by atoms with Gasteiger partial charge < -0.3 is 10.2 Å². The Hall–Kier alpha value is -2.32. The largest absolute Gasteiger partial charge is 0.417 e. The average Bonchev–Trinajstić information content (AvgIpc) is 2.61. The zero-order valence-electron chi connectivity index (χ0n) is 14.0. The lowest BCUT2D eigenvalue weighted by Crippen LogP contribution is -2.32. The molecule has 0 bridgehead atoms. The Bertz CT molecular complexity index is 858. The van der Waals surface area contributed by atoms with E-state index in [-0.39, 0.29) is 29.6 Å². The van der Waals surface area contributed by atoms with Crippen molar-refractivity contribution >= 4 is 34.8 Å². The summed E-state index contributed by atoms with van der Waals surface area (Å²) in [4.78, 5) is 21.3. The highest BCUT2D eigenvalue weighted by Gasteiger charge is 2.34. The van der Waals surface area contributed by atoms with Crippen molar-refractivity contribution in [1.82, 2.24) is 10.3 Å². The van der Waals surface area contributed by atoms with Gasteiger partial charge in [-0.3, -0.25) is 9.78 Å². The number of alkyl halides is 3. The molecule has 0 aliphatic rings. The molecule has 0 saturated carbocycles. The summed E-state index contributed by atoms with van der Waals surface area (Å²) in [5.74, 6) is -0.919. The summed E-state index contributed by atoms with van der Waals surface area (Å²) >= 11 is 11.9. The van der Waals surface area contributed by atoms with Crippen molar-refractivity contribution in [2.24, 2.45) is 5.16 Å². The molecule has 10 heteroatoms. The molecule has 0 radical (unpaired) electrons. The van der Waals surface area contributed by atoms with E-state index >= 15 is 0 Å². The maximum atomic E-state index is 13.1. The number of nitrogens with one attached hydrogen (secondary N) is 1. The number of rotatable bonds is 6. The third kappa shape index (κ3) is 5.58. The minimum atomic E-state index is -4.66. The van der Waals surface area contributed by atoms with Crippen LogP contribution in [-0.2, 0) is 11.0 Å². The lowest BCUT2D eigenvalue weighted by Gasteiger charge is -2.13. The molecule has 2 aromatic rings. The molecule has 27 heavy (non-hydrogen) atoms. The average molecular weight is 420 g/mol. The predicted molar refractivity (Wildman–Crippen MR) is 96.2 cm³/mol. The number of pyridine rings is 1. The van der Waals surface area contributed by atoms with Gasteiger partial charge in [-0.15, -0.1) is 0 Å². The second-order valence-electron chi connectivity index (χ2n) is 5.17. The summed E-state index contributed by atoms with van der Waals surface area (Å²) in [7, 11) is 0. The van der Waals surface area contributed by atoms with E-state index in [0.717, 1.165) is 12.1 Å². The molecule has 0 unspecified atom stereocenters. The molecule has 0 spiro atoms. The monoisotopic (exact) mass is 419 g/mol. The highest BCUT2D eigenvalue weighted by atomic mass is 35.5. The van der Waals surface area contributed by atoms with Gasteiger partial charge in [-0.25, -0.2) is 0 Å². The summed E-state index contributed by atoms with van der Waals surface area (Å²) < 4.78 is 39.2. The fourth-order valence-electron chi connectivity index (χ4n) is 2.12. The van der Waals surface area contributed by atoms with Gasteiger partial charge in [-0.05, 0) is 25.1 Å². The van der Waals surface area contributed by atoms with Gasteiger partial charge in [0.1, 0.15) is 18.0 Å². The Morgan fingerprint density at radius 1 is 1.30 bits per heavy atom. The van der Waals surface area contributed by atoms with Gasteiger partial charge in [0.2, 0.25) is 0 Å². The summed E-state index contributed by atoms with van der Waals surface area (Å²) in [6.45, 7) is 1.68. The molecule has 1 aromatic heterocycles. The highest BCUT2D eigenvalue weighted by molar-refractivity contribution is 6.36. The van der Waals surface area contributed by atoms with Crippen LogP contribution in [-0.4, -0.2) is 29.8 Å². The van der Waals surface area contributed by atoms with Crippen LogP contribution in [0.15, 0.2) is 41.7 Å². The number of nitrogens with zero attached hydrogens (tertiary/aromatic N) is 2. The molecule has 144 valence electrons. The van der Waals surface area contributed by atoms with Gasteiger partial charge in [-0.1, -0.05) is 40.5 Å². The van der Waals surface area contributed by atoms with Gasteiger partial charge in [-0.2, -0.15) is 13.2 Å². The first-order chi connectivity index (χ1) is 12.7. The standard InChI is InChI=1S/C17H14Cl2F3N3O2/c1-2-27-25-14(15-13(19)7-10(18)8-23-15)9-24-16(26)11-5-3-4-6-12(11)17(20,21)22/h3-8H,2,9H2,1H3,(H,24,26)/b25-14+. The molecular weight excluding hydrogens is 406 g/mol. The van der Waals surface area contributed by atoms with Gasteiger partial charge in [0.05, 0.1) is 27.7 Å². The zero-order chi connectivity index (χ0) is 20.0. The number of aromatic nitrogens is 1. The Balaban J connectivity index is 2.25. The van der Waals surface area contributed by atoms with Crippen LogP contribution < -0.4 is 5.32 Å². The number of hydrogen-bond acceptors (Lipinski definition) is 4. The lowest BCUT2D eigenvalue weighted by molar-refractivity contribution is -0.137. The Morgan fingerprint density at radius 3 is 2.63 bits per heavy atom. The maximum absolute atomic E-state index is 13.1. The number of amides is 1. The molecule has 1 amide bonds. The van der Waals surface area contributed by atoms with E-state index in [4.69, 9.17) is 28.0 Å². The van der Waals surface area contributed by atoms with Gasteiger partial charge >= 0.3 is 6.18 Å². The van der Waals surface area contributed by atoms with Crippen LogP contribution in [0, 0.1) is 0 Å². The summed E-state index contributed by atoms with van der Waals surface area (Å²) in [6, 6.07) is 5.90. The van der Waals surface area contributed by atoms with Crippen molar-refractivity contribution in [2.75, 3.05) is 13.2 Å². The van der Waals surface area contributed by atoms with Gasteiger partial charge in [0.25, 0.3) is 5.91 Å². The first kappa shape index (κ1) is 21.0. The predicted octanol–water partition coefficient (Wildman–Crippen LogP) is 4.58. The summed E-state index contributed by atoms with van der Waals surface area (Å²) in [5, 5.41) is 6.66. The van der Waals surface area contributed by atoms with Crippen molar-refractivity contribution in [1.29, 1.82) is 0 Å². The molecular formula is C17H14Cl2F3N3O2. The number of carbonyl (C=O) groups is 1. The Morgan fingerprint density at radius 2 is 2.00 bits per heavy atom. The third-order valence-electron chi connectivity index (χ3n) is 3.28. The third-order valence-corrected chi connectivity index (χ3v) is 3.77. The second kappa shape index (κ2) is 9.05. The van der Waals surface area contributed by atoms with E-state index < -0.39 is 23.2 Å². The summed E-state index contributed by atoms with van der Waals surface area (Å²) in [5.41, 5.74) is -1.21. The van der Waals surface area contributed by atoms with E-state index in [9.17, 15) is 18.0 Å². The SMILES string of the molecule is CCO/N=C(\CNC(=O)c1ccccc1C(F)(F)F)c1ncc(Cl)cc1Cl. The molecule has 1 heterocycles. The smallest absolute Gasteiger partial charge is 0.396 e. The van der Waals surface area contributed by atoms with Crippen LogP contribution in [0.3, 0.4) is 0 Å². The van der Waals surface area contributed by atoms with E-state index in [0.29, 0.717) is 5.02 Å². The first-order valence-corrected chi connectivity index (χ1v) is 8.44. The minimum absolute atomic E-state index is 0.136. The molecule has 5 nitrogen and oxygen atoms in total. The summed E-state index contributed by atoms with van der Waals surface area (Å²) in [6.07, 6.45) is -3.33. The minimum Gasteiger partial charge on any atom is -0.396 e. The fraction of sp³-hybridized carbons (Fsp3) is 0.235. The second-order valence-corrected chi connectivity index (χ2v) is 6.01. The van der Waals surface area contributed by atoms with E-state index in [2.05, 4.69) is 15.5 Å². The van der Waals surface area contributed by atoms with Crippen molar-refractivity contribution in [3.8, 4) is 0 Å². The fourth-order valence-corrected chi connectivity index (χ4v) is 2.61. The number of hydrogen-bond donors (Lipinski definition) is 1. The molecule has 0 fully saturated rings. The molecule has 2 rings (SSSR count). The molecule has 0 aliphatic carbocycles. The lowest BCUT2D eigenvalue weighted by atomic mass is 10.1. The molecule has 1 aromatic carbocycles. The van der Waals surface area contributed by atoms with Gasteiger partial charge in [0.15, 0.2) is 0 Å². The number of carbonyl (C=O) groups excluding carboxylic acids is 1. The van der Waals surface area contributed by atoms with Crippen molar-refractivity contribution < 1.29 is 22.8 Å². The van der Waals surface area contributed by atoms with Crippen molar-refractivity contribution in [2.45, 2.75) is 13.1 Å². The van der Waals surface area contributed by atoms with Crippen molar-refractivity contribution in [3.05, 3.63) is 63.4 Å². The van der Waals surface area contributed by atoms with Crippen LogP contribution in [0.1, 0.15) is 28.5 Å². The van der Waals surface area contributed by atoms with Crippen LogP contribution in [0.25, 0.3) is 0 Å². The normalized spacial score (nSPS) is 12.0.